The number of aromatic amines is 2. The number of aromatic nitrogens is 8. The molecule has 0 saturated heterocycles. The van der Waals surface area contributed by atoms with Gasteiger partial charge in [0.2, 0.25) is 0 Å². The zero-order valence-electron chi connectivity index (χ0n) is 15.8. The van der Waals surface area contributed by atoms with Crippen LogP contribution < -0.4 is 0 Å². The minimum Gasteiger partial charge on any atom is -0.335 e. The highest BCUT2D eigenvalue weighted by molar-refractivity contribution is 7.15. The molecule has 144 valence electrons. The van der Waals surface area contributed by atoms with Gasteiger partial charge in [-0.15, -0.1) is 11.3 Å². The summed E-state index contributed by atoms with van der Waals surface area (Å²) in [4.78, 5) is 28.0. The van der Waals surface area contributed by atoms with Crippen LogP contribution in [0.1, 0.15) is 4.88 Å². The molecule has 6 aromatic heterocycles. The fourth-order valence-corrected chi connectivity index (χ4v) is 4.38. The van der Waals surface area contributed by atoms with E-state index in [1.165, 1.54) is 9.75 Å². The first-order chi connectivity index (χ1) is 14.8. The molecule has 8 nitrogen and oxygen atoms in total. The Kier molecular flexibility index (Phi) is 3.68. The minimum absolute atomic E-state index is 0.611. The molecule has 30 heavy (non-hydrogen) atoms. The second-order valence-corrected chi connectivity index (χ2v) is 8.13. The molecule has 0 bridgehead atoms. The van der Waals surface area contributed by atoms with Crippen LogP contribution in [0.5, 0.6) is 0 Å². The average molecular weight is 410 g/mol. The predicted octanol–water partition coefficient (Wildman–Crippen LogP) is 4.39. The van der Waals surface area contributed by atoms with Crippen molar-refractivity contribution in [2.45, 2.75) is 6.92 Å². The Balaban J connectivity index is 1.52. The van der Waals surface area contributed by atoms with Crippen molar-refractivity contribution in [2.75, 3.05) is 0 Å². The van der Waals surface area contributed by atoms with Gasteiger partial charge in [0, 0.05) is 45.7 Å². The lowest BCUT2D eigenvalue weighted by atomic mass is 10.1. The van der Waals surface area contributed by atoms with Gasteiger partial charge in [-0.25, -0.2) is 15.0 Å². The van der Waals surface area contributed by atoms with E-state index in [4.69, 9.17) is 4.98 Å². The fourth-order valence-electron chi connectivity index (χ4n) is 3.48. The molecule has 6 aromatic rings. The molecule has 0 aliphatic rings. The molecular formula is C21H14N8S. The maximum atomic E-state index is 4.71. The molecule has 6 heterocycles. The van der Waals surface area contributed by atoms with Gasteiger partial charge in [-0.2, -0.15) is 5.10 Å². The van der Waals surface area contributed by atoms with E-state index in [2.05, 4.69) is 54.2 Å². The number of H-pyrrole nitrogens is 2. The van der Waals surface area contributed by atoms with Crippen molar-refractivity contribution in [2.24, 2.45) is 0 Å². The van der Waals surface area contributed by atoms with Crippen LogP contribution >= 0.6 is 11.3 Å². The highest BCUT2D eigenvalue weighted by Gasteiger charge is 2.17. The molecule has 0 fully saturated rings. The van der Waals surface area contributed by atoms with Crippen LogP contribution in [0.25, 0.3) is 55.4 Å². The van der Waals surface area contributed by atoms with Crippen LogP contribution in [0.2, 0.25) is 0 Å². The molecule has 0 atom stereocenters. The van der Waals surface area contributed by atoms with Crippen LogP contribution in [0.3, 0.4) is 0 Å². The van der Waals surface area contributed by atoms with Gasteiger partial charge in [0.1, 0.15) is 5.69 Å². The van der Waals surface area contributed by atoms with E-state index < -0.39 is 0 Å². The lowest BCUT2D eigenvalue weighted by molar-refractivity contribution is 1.09. The largest absolute Gasteiger partial charge is 0.335 e. The van der Waals surface area contributed by atoms with Gasteiger partial charge in [0.15, 0.2) is 17.1 Å². The summed E-state index contributed by atoms with van der Waals surface area (Å²) in [5, 5.41) is 8.25. The number of pyridine rings is 2. The molecule has 0 saturated carbocycles. The van der Waals surface area contributed by atoms with Crippen molar-refractivity contribution >= 4 is 33.5 Å². The Labute approximate surface area is 174 Å². The van der Waals surface area contributed by atoms with Crippen LogP contribution in [-0.2, 0) is 0 Å². The third kappa shape index (κ3) is 2.67. The van der Waals surface area contributed by atoms with Gasteiger partial charge < -0.3 is 4.98 Å². The Morgan fingerprint density at radius 2 is 1.90 bits per heavy atom. The summed E-state index contributed by atoms with van der Waals surface area (Å²) in [6.45, 7) is 2.10. The molecule has 0 aliphatic heterocycles. The topological polar surface area (TPSA) is 109 Å². The highest BCUT2D eigenvalue weighted by atomic mass is 32.1. The number of aryl methyl sites for hydroxylation is 1. The summed E-state index contributed by atoms with van der Waals surface area (Å²) in [6.07, 6.45) is 8.55. The van der Waals surface area contributed by atoms with Crippen molar-refractivity contribution in [1.82, 2.24) is 40.1 Å². The lowest BCUT2D eigenvalue weighted by Gasteiger charge is -2.00. The Morgan fingerprint density at radius 1 is 0.933 bits per heavy atom. The molecule has 0 unspecified atom stereocenters. The van der Waals surface area contributed by atoms with E-state index in [9.17, 15) is 0 Å². The Hall–Kier alpha value is -3.98. The van der Waals surface area contributed by atoms with Crippen LogP contribution in [0.15, 0.2) is 55.2 Å². The molecule has 9 heteroatoms. The summed E-state index contributed by atoms with van der Waals surface area (Å²) >= 11 is 1.75. The van der Waals surface area contributed by atoms with Crippen molar-refractivity contribution in [3.8, 4) is 33.2 Å². The molecular weight excluding hydrogens is 396 g/mol. The SMILES string of the molecule is Cc1ccc(-c2ccnc3nc(-c4[nH]nc5ncc(-c6cnccn6)cc45)[nH]c23)s1. The van der Waals surface area contributed by atoms with E-state index in [1.807, 2.05) is 12.1 Å². The number of nitrogens with one attached hydrogen (secondary N) is 2. The lowest BCUT2D eigenvalue weighted by Crippen LogP contribution is -1.87. The van der Waals surface area contributed by atoms with Gasteiger partial charge in [0.25, 0.3) is 0 Å². The second kappa shape index (κ2) is 6.53. The number of hydrogen-bond donors (Lipinski definition) is 2. The van der Waals surface area contributed by atoms with Crippen LogP contribution in [-0.4, -0.2) is 40.1 Å². The van der Waals surface area contributed by atoms with Gasteiger partial charge in [0.05, 0.1) is 22.8 Å². The molecule has 0 aromatic carbocycles. The summed E-state index contributed by atoms with van der Waals surface area (Å²) in [7, 11) is 0. The minimum atomic E-state index is 0.611. The van der Waals surface area contributed by atoms with Crippen molar-refractivity contribution < 1.29 is 0 Å². The molecule has 0 spiro atoms. The number of hydrogen-bond acceptors (Lipinski definition) is 7. The van der Waals surface area contributed by atoms with Gasteiger partial charge in [-0.05, 0) is 31.2 Å². The zero-order valence-corrected chi connectivity index (χ0v) is 16.6. The van der Waals surface area contributed by atoms with Crippen LogP contribution in [0, 0.1) is 6.92 Å². The first kappa shape index (κ1) is 16.9. The molecule has 2 N–H and O–H groups in total. The molecule has 0 amide bonds. The molecule has 0 radical (unpaired) electrons. The Bertz CT molecular complexity index is 1510. The van der Waals surface area contributed by atoms with Gasteiger partial charge in [-0.3, -0.25) is 15.1 Å². The number of rotatable bonds is 3. The highest BCUT2D eigenvalue weighted by Crippen LogP contribution is 2.34. The van der Waals surface area contributed by atoms with E-state index >= 15 is 0 Å². The summed E-state index contributed by atoms with van der Waals surface area (Å²) < 4.78 is 0. The first-order valence-electron chi connectivity index (χ1n) is 9.29. The van der Waals surface area contributed by atoms with E-state index in [0.717, 1.165) is 33.4 Å². The third-order valence-electron chi connectivity index (χ3n) is 4.90. The maximum absolute atomic E-state index is 4.71. The molecule has 6 rings (SSSR count). The summed E-state index contributed by atoms with van der Waals surface area (Å²) in [5.74, 6) is 0.666. The monoisotopic (exact) mass is 410 g/mol. The van der Waals surface area contributed by atoms with Crippen molar-refractivity contribution in [1.29, 1.82) is 0 Å². The number of thiophene rings is 1. The fraction of sp³-hybridized carbons (Fsp3) is 0.0476. The Morgan fingerprint density at radius 3 is 2.73 bits per heavy atom. The van der Waals surface area contributed by atoms with Crippen molar-refractivity contribution in [3.05, 3.63) is 60.1 Å². The smallest absolute Gasteiger partial charge is 0.181 e. The third-order valence-corrected chi connectivity index (χ3v) is 5.94. The van der Waals surface area contributed by atoms with Crippen molar-refractivity contribution in [3.63, 3.8) is 0 Å². The standard InChI is InChI=1S/C21H14N8S/c1-11-2-3-16(30-11)13-4-5-24-20-17(13)26-21(27-20)18-14-8-12(9-25-19(14)29-28-18)15-10-22-6-7-23-15/h2-10H,1H3,(H,24,26,27)(H,25,28,29). The van der Waals surface area contributed by atoms with E-state index in [0.29, 0.717) is 17.1 Å². The van der Waals surface area contributed by atoms with E-state index in [1.54, 1.807) is 42.3 Å². The first-order valence-corrected chi connectivity index (χ1v) is 10.1. The number of fused-ring (bicyclic) bond motifs is 2. The normalized spacial score (nSPS) is 11.5. The van der Waals surface area contributed by atoms with Gasteiger partial charge in [-0.1, -0.05) is 0 Å². The number of imidazole rings is 1. The van der Waals surface area contributed by atoms with E-state index in [-0.39, 0.29) is 0 Å². The average Bonchev–Trinajstić information content (AvgIpc) is 3.51. The predicted molar refractivity (Wildman–Crippen MR) is 116 cm³/mol. The van der Waals surface area contributed by atoms with Gasteiger partial charge >= 0.3 is 0 Å². The maximum Gasteiger partial charge on any atom is 0.181 e. The van der Waals surface area contributed by atoms with Crippen LogP contribution in [0.4, 0.5) is 0 Å². The number of nitrogens with zero attached hydrogens (tertiary/aromatic N) is 6. The zero-order chi connectivity index (χ0) is 20.1. The quantitative estimate of drug-likeness (QED) is 0.448. The second-order valence-electron chi connectivity index (χ2n) is 6.84. The summed E-state index contributed by atoms with van der Waals surface area (Å²) in [5.41, 5.74) is 5.63. The summed E-state index contributed by atoms with van der Waals surface area (Å²) in [6, 6.07) is 8.24. The molecule has 0 aliphatic carbocycles.